The van der Waals surface area contributed by atoms with Gasteiger partial charge in [-0.2, -0.15) is 0 Å². The third kappa shape index (κ3) is 3.65. The normalized spacial score (nSPS) is 11.4. The first kappa shape index (κ1) is 19.3. The number of ether oxygens (including phenoxy) is 2. The molecule has 0 aliphatic carbocycles. The maximum atomic E-state index is 13.0. The van der Waals surface area contributed by atoms with Crippen molar-refractivity contribution < 1.29 is 17.9 Å². The van der Waals surface area contributed by atoms with Crippen LogP contribution in [0.4, 0.5) is 0 Å². The topological polar surface area (TPSA) is 70.4 Å². The SMILES string of the molecule is CCOc1c(Cl)cc(-c2nccn2S(=O)(=O)c2ccc(C)cc2)cc1OC. The fourth-order valence-corrected chi connectivity index (χ4v) is 4.21. The molecule has 2 aromatic carbocycles. The van der Waals surface area contributed by atoms with Gasteiger partial charge in [-0.3, -0.25) is 0 Å². The molecule has 3 aromatic rings. The quantitative estimate of drug-likeness (QED) is 0.614. The fourth-order valence-electron chi connectivity index (χ4n) is 2.64. The fraction of sp³-hybridized carbons (Fsp3) is 0.211. The number of benzene rings is 2. The monoisotopic (exact) mass is 406 g/mol. The van der Waals surface area contributed by atoms with Gasteiger partial charge in [-0.05, 0) is 38.1 Å². The largest absolute Gasteiger partial charge is 0.493 e. The molecule has 0 bridgehead atoms. The summed E-state index contributed by atoms with van der Waals surface area (Å²) in [4.78, 5) is 4.39. The highest BCUT2D eigenvalue weighted by Crippen LogP contribution is 2.39. The number of aryl methyl sites for hydroxylation is 1. The molecule has 0 fully saturated rings. The summed E-state index contributed by atoms with van der Waals surface area (Å²) < 4.78 is 38.1. The third-order valence-electron chi connectivity index (χ3n) is 3.96. The molecule has 142 valence electrons. The van der Waals surface area contributed by atoms with E-state index >= 15 is 0 Å². The van der Waals surface area contributed by atoms with E-state index in [0.717, 1.165) is 9.54 Å². The molecule has 0 aliphatic heterocycles. The van der Waals surface area contributed by atoms with Gasteiger partial charge in [0.05, 0.1) is 23.6 Å². The Morgan fingerprint density at radius 2 is 1.89 bits per heavy atom. The summed E-state index contributed by atoms with van der Waals surface area (Å²) >= 11 is 6.32. The molecule has 6 nitrogen and oxygen atoms in total. The number of imidazole rings is 1. The zero-order chi connectivity index (χ0) is 19.6. The predicted octanol–water partition coefficient (Wildman–Crippen LogP) is 4.16. The minimum Gasteiger partial charge on any atom is -0.493 e. The molecule has 0 N–H and O–H groups in total. The molecule has 0 unspecified atom stereocenters. The Morgan fingerprint density at radius 1 is 1.19 bits per heavy atom. The van der Waals surface area contributed by atoms with Gasteiger partial charge in [0.2, 0.25) is 0 Å². The zero-order valence-electron chi connectivity index (χ0n) is 15.1. The number of methoxy groups -OCH3 is 1. The number of hydrogen-bond acceptors (Lipinski definition) is 5. The van der Waals surface area contributed by atoms with E-state index in [1.165, 1.54) is 19.5 Å². The first-order valence-electron chi connectivity index (χ1n) is 8.24. The molecule has 0 spiro atoms. The lowest BCUT2D eigenvalue weighted by Gasteiger charge is -2.14. The molecule has 0 amide bonds. The van der Waals surface area contributed by atoms with Gasteiger partial charge in [0, 0.05) is 18.0 Å². The van der Waals surface area contributed by atoms with Crippen molar-refractivity contribution in [3.63, 3.8) is 0 Å². The van der Waals surface area contributed by atoms with E-state index < -0.39 is 10.0 Å². The van der Waals surface area contributed by atoms with Gasteiger partial charge >= 0.3 is 0 Å². The van der Waals surface area contributed by atoms with E-state index in [-0.39, 0.29) is 10.7 Å². The standard InChI is InChI=1S/C19H19ClN2O4S/c1-4-26-18-16(20)11-14(12-17(18)25-3)19-21-9-10-22(19)27(23,24)15-7-5-13(2)6-8-15/h5-12H,4H2,1-3H3. The number of rotatable bonds is 6. The predicted molar refractivity (Wildman–Crippen MR) is 104 cm³/mol. The van der Waals surface area contributed by atoms with Crippen molar-refractivity contribution >= 4 is 21.6 Å². The highest BCUT2D eigenvalue weighted by molar-refractivity contribution is 7.90. The Labute approximate surface area is 163 Å². The lowest BCUT2D eigenvalue weighted by Crippen LogP contribution is -2.13. The summed E-state index contributed by atoms with van der Waals surface area (Å²) in [6, 6.07) is 9.90. The van der Waals surface area contributed by atoms with E-state index in [1.54, 1.807) is 36.4 Å². The van der Waals surface area contributed by atoms with Crippen LogP contribution in [0.15, 0.2) is 53.7 Å². The minimum atomic E-state index is -3.80. The van der Waals surface area contributed by atoms with E-state index in [9.17, 15) is 8.42 Å². The van der Waals surface area contributed by atoms with Gasteiger partial charge in [-0.25, -0.2) is 17.4 Å². The summed E-state index contributed by atoms with van der Waals surface area (Å²) in [7, 11) is -2.31. The Hall–Kier alpha value is -2.51. The van der Waals surface area contributed by atoms with E-state index in [4.69, 9.17) is 21.1 Å². The number of nitrogens with zero attached hydrogens (tertiary/aromatic N) is 2. The summed E-state index contributed by atoms with van der Waals surface area (Å²) in [5, 5.41) is 0.313. The maximum absolute atomic E-state index is 13.0. The van der Waals surface area contributed by atoms with Crippen LogP contribution < -0.4 is 9.47 Å². The van der Waals surface area contributed by atoms with Crippen molar-refractivity contribution in [2.75, 3.05) is 13.7 Å². The second-order valence-electron chi connectivity index (χ2n) is 5.79. The number of hydrogen-bond donors (Lipinski definition) is 0. The van der Waals surface area contributed by atoms with E-state index in [2.05, 4.69) is 4.98 Å². The van der Waals surface area contributed by atoms with E-state index in [0.29, 0.717) is 28.7 Å². The van der Waals surface area contributed by atoms with Crippen molar-refractivity contribution in [3.8, 4) is 22.9 Å². The number of halogens is 1. The van der Waals surface area contributed by atoms with Crippen molar-refractivity contribution in [1.29, 1.82) is 0 Å². The van der Waals surface area contributed by atoms with Crippen LogP contribution in [0, 0.1) is 6.92 Å². The molecule has 0 aliphatic rings. The van der Waals surface area contributed by atoms with Crippen molar-refractivity contribution in [3.05, 3.63) is 59.4 Å². The molecule has 8 heteroatoms. The Balaban J connectivity index is 2.13. The molecule has 1 aromatic heterocycles. The van der Waals surface area contributed by atoms with E-state index in [1.807, 2.05) is 13.8 Å². The second kappa shape index (κ2) is 7.62. The molecule has 3 rings (SSSR count). The Bertz CT molecular complexity index is 1060. The van der Waals surface area contributed by atoms with Gasteiger partial charge in [0.25, 0.3) is 10.0 Å². The van der Waals surface area contributed by atoms with Crippen LogP contribution in [0.5, 0.6) is 11.5 Å². The summed E-state index contributed by atoms with van der Waals surface area (Å²) in [6.45, 7) is 4.16. The molecule has 1 heterocycles. The second-order valence-corrected chi connectivity index (χ2v) is 8.01. The van der Waals surface area contributed by atoms with Crippen LogP contribution in [0.1, 0.15) is 12.5 Å². The van der Waals surface area contributed by atoms with Crippen LogP contribution in [0.25, 0.3) is 11.4 Å². The smallest absolute Gasteiger partial charge is 0.269 e. The molecule has 0 radical (unpaired) electrons. The first-order valence-corrected chi connectivity index (χ1v) is 10.1. The lowest BCUT2D eigenvalue weighted by atomic mass is 10.2. The first-order chi connectivity index (χ1) is 12.9. The summed E-state index contributed by atoms with van der Waals surface area (Å²) in [6.07, 6.45) is 2.83. The van der Waals surface area contributed by atoms with Crippen LogP contribution in [-0.4, -0.2) is 31.1 Å². The Kier molecular flexibility index (Phi) is 5.43. The van der Waals surface area contributed by atoms with Gasteiger partial charge in [0.1, 0.15) is 0 Å². The van der Waals surface area contributed by atoms with Crippen LogP contribution >= 0.6 is 11.6 Å². The van der Waals surface area contributed by atoms with Gasteiger partial charge < -0.3 is 9.47 Å². The average Bonchev–Trinajstić information content (AvgIpc) is 3.14. The third-order valence-corrected chi connectivity index (χ3v) is 5.92. The molecule has 0 saturated carbocycles. The van der Waals surface area contributed by atoms with Crippen LogP contribution in [-0.2, 0) is 10.0 Å². The molecule has 0 saturated heterocycles. The van der Waals surface area contributed by atoms with Crippen LogP contribution in [0.2, 0.25) is 5.02 Å². The molecule has 0 atom stereocenters. The van der Waals surface area contributed by atoms with Crippen LogP contribution in [0.3, 0.4) is 0 Å². The van der Waals surface area contributed by atoms with Gasteiger partial charge in [-0.1, -0.05) is 29.3 Å². The average molecular weight is 407 g/mol. The van der Waals surface area contributed by atoms with Crippen molar-refractivity contribution in [1.82, 2.24) is 8.96 Å². The minimum absolute atomic E-state index is 0.177. The summed E-state index contributed by atoms with van der Waals surface area (Å²) in [5.74, 6) is 1.05. The van der Waals surface area contributed by atoms with Gasteiger partial charge in [-0.15, -0.1) is 0 Å². The maximum Gasteiger partial charge on any atom is 0.269 e. The van der Waals surface area contributed by atoms with Crippen molar-refractivity contribution in [2.45, 2.75) is 18.7 Å². The molecular weight excluding hydrogens is 388 g/mol. The zero-order valence-corrected chi connectivity index (χ0v) is 16.7. The van der Waals surface area contributed by atoms with Gasteiger partial charge in [0.15, 0.2) is 17.3 Å². The Morgan fingerprint density at radius 3 is 2.52 bits per heavy atom. The summed E-state index contributed by atoms with van der Waals surface area (Å²) in [5.41, 5.74) is 1.48. The highest BCUT2D eigenvalue weighted by atomic mass is 35.5. The highest BCUT2D eigenvalue weighted by Gasteiger charge is 2.23. The molecule has 27 heavy (non-hydrogen) atoms. The molecular formula is C19H19ClN2O4S. The number of aromatic nitrogens is 2. The lowest BCUT2D eigenvalue weighted by molar-refractivity contribution is 0.311. The van der Waals surface area contributed by atoms with Crippen molar-refractivity contribution in [2.24, 2.45) is 0 Å².